The van der Waals surface area contributed by atoms with Crippen molar-refractivity contribution in [1.82, 2.24) is 5.32 Å². The Morgan fingerprint density at radius 1 is 0.949 bits per heavy atom. The van der Waals surface area contributed by atoms with Crippen molar-refractivity contribution in [3.05, 3.63) is 105 Å². The van der Waals surface area contributed by atoms with Crippen molar-refractivity contribution >= 4 is 17.4 Å². The molecule has 0 unspecified atom stereocenters. The van der Waals surface area contributed by atoms with Gasteiger partial charge in [0.1, 0.15) is 11.3 Å². The van der Waals surface area contributed by atoms with Crippen molar-refractivity contribution in [3.8, 4) is 17.6 Å². The smallest absolute Gasteiger partial charge is 0.284 e. The van der Waals surface area contributed by atoms with Gasteiger partial charge in [-0.25, -0.2) is 0 Å². The molecule has 0 aromatic heterocycles. The summed E-state index contributed by atoms with van der Waals surface area (Å²) in [5, 5.41) is 23.9. The van der Waals surface area contributed by atoms with Crippen LogP contribution in [0.15, 0.2) is 72.8 Å². The second kappa shape index (κ2) is 15.1. The van der Waals surface area contributed by atoms with E-state index in [2.05, 4.69) is 24.1 Å². The van der Waals surface area contributed by atoms with Crippen molar-refractivity contribution in [2.24, 2.45) is 0 Å². The number of rotatable bonds is 13. The lowest BCUT2D eigenvalue weighted by molar-refractivity contribution is -0.385. The molecule has 0 bridgehead atoms. The summed E-state index contributed by atoms with van der Waals surface area (Å²) >= 11 is 0. The van der Waals surface area contributed by atoms with E-state index in [-0.39, 0.29) is 28.3 Å². The van der Waals surface area contributed by atoms with Crippen LogP contribution in [-0.4, -0.2) is 27.8 Å². The molecule has 0 spiro atoms. The van der Waals surface area contributed by atoms with Gasteiger partial charge in [0.25, 0.3) is 11.6 Å². The number of phenolic OH excluding ortho intramolecular Hbond substituents is 1. The van der Waals surface area contributed by atoms with Crippen LogP contribution in [0.4, 0.5) is 5.69 Å². The normalized spacial score (nSPS) is 11.2. The molecule has 3 rings (SSSR count). The third-order valence-corrected chi connectivity index (χ3v) is 6.45. The molecule has 3 aromatic rings. The quantitative estimate of drug-likeness (QED) is 0.117. The molecule has 0 saturated heterocycles. The highest BCUT2D eigenvalue weighted by molar-refractivity contribution is 5.98. The number of ketones is 1. The molecule has 3 aromatic carbocycles. The predicted molar refractivity (Wildman–Crippen MR) is 152 cm³/mol. The number of Topliss-reactive ketones (excluding diaryl/α,β-unsaturated/α-hetero) is 1. The first-order valence-corrected chi connectivity index (χ1v) is 13.3. The number of carbonyl (C=O) groups is 2. The molecule has 2 N–H and O–H groups in total. The molecule has 0 aliphatic carbocycles. The van der Waals surface area contributed by atoms with Gasteiger partial charge < -0.3 is 10.4 Å². The number of phenols is 1. The second-order valence-electron chi connectivity index (χ2n) is 9.47. The Balaban J connectivity index is 1.78. The van der Waals surface area contributed by atoms with Crippen molar-refractivity contribution in [3.63, 3.8) is 0 Å². The van der Waals surface area contributed by atoms with Crippen LogP contribution >= 0.6 is 0 Å². The molecule has 39 heavy (non-hydrogen) atoms. The fourth-order valence-electron chi connectivity index (χ4n) is 4.21. The third-order valence-electron chi connectivity index (χ3n) is 6.45. The Morgan fingerprint density at radius 2 is 1.67 bits per heavy atom. The van der Waals surface area contributed by atoms with Crippen LogP contribution in [0.2, 0.25) is 0 Å². The number of amides is 1. The van der Waals surface area contributed by atoms with Crippen LogP contribution < -0.4 is 5.32 Å². The number of nitrogens with zero attached hydrogens (tertiary/aromatic N) is 1. The average Bonchev–Trinajstić information content (AvgIpc) is 2.95. The number of nitro benzene ring substituents is 1. The Morgan fingerprint density at radius 3 is 2.36 bits per heavy atom. The molecular formula is C32H34N2O5. The van der Waals surface area contributed by atoms with E-state index in [9.17, 15) is 24.8 Å². The number of nitrogens with one attached hydrogen (secondary N) is 1. The summed E-state index contributed by atoms with van der Waals surface area (Å²) in [6, 6.07) is 19.3. The summed E-state index contributed by atoms with van der Waals surface area (Å²) in [5.41, 5.74) is 1.69. The maximum absolute atomic E-state index is 13.2. The van der Waals surface area contributed by atoms with Crippen LogP contribution in [-0.2, 0) is 11.2 Å². The fourth-order valence-corrected chi connectivity index (χ4v) is 4.21. The van der Waals surface area contributed by atoms with Gasteiger partial charge in [-0.05, 0) is 61.2 Å². The number of carbonyl (C=O) groups excluding carboxylic acids is 2. The number of nitro groups is 1. The monoisotopic (exact) mass is 526 g/mol. The highest BCUT2D eigenvalue weighted by Gasteiger charge is 2.22. The van der Waals surface area contributed by atoms with Crippen molar-refractivity contribution in [2.75, 3.05) is 0 Å². The first-order valence-electron chi connectivity index (χ1n) is 13.3. The summed E-state index contributed by atoms with van der Waals surface area (Å²) in [4.78, 5) is 37.4. The molecule has 1 atom stereocenters. The maximum Gasteiger partial charge on any atom is 0.284 e. The van der Waals surface area contributed by atoms with E-state index in [1.165, 1.54) is 30.3 Å². The van der Waals surface area contributed by atoms with Gasteiger partial charge in [0.2, 0.25) is 0 Å². The Hall–Kier alpha value is -4.44. The fraction of sp³-hybridized carbons (Fsp3) is 0.312. The minimum atomic E-state index is -0.661. The number of benzene rings is 3. The van der Waals surface area contributed by atoms with Gasteiger partial charge >= 0.3 is 0 Å². The number of unbranched alkanes of at least 4 members (excludes halogenated alkanes) is 4. The topological polar surface area (TPSA) is 110 Å². The average molecular weight is 527 g/mol. The van der Waals surface area contributed by atoms with Crippen molar-refractivity contribution < 1.29 is 19.6 Å². The molecule has 0 heterocycles. The third kappa shape index (κ3) is 9.42. The van der Waals surface area contributed by atoms with Gasteiger partial charge in [0, 0.05) is 23.6 Å². The number of aryl methyl sites for hydroxylation is 1. The second-order valence-corrected chi connectivity index (χ2v) is 9.47. The van der Waals surface area contributed by atoms with Crippen LogP contribution in [0.5, 0.6) is 5.75 Å². The predicted octanol–water partition coefficient (Wildman–Crippen LogP) is 6.36. The summed E-state index contributed by atoms with van der Waals surface area (Å²) in [6.07, 6.45) is 6.60. The Labute approximate surface area is 229 Å². The van der Waals surface area contributed by atoms with Crippen LogP contribution in [0.1, 0.15) is 78.9 Å². The number of hydrogen-bond donors (Lipinski definition) is 2. The summed E-state index contributed by atoms with van der Waals surface area (Å²) in [6.45, 7) is 2.14. The van der Waals surface area contributed by atoms with Crippen molar-refractivity contribution in [1.29, 1.82) is 0 Å². The summed E-state index contributed by atoms with van der Waals surface area (Å²) in [5.74, 6) is 5.21. The van der Waals surface area contributed by atoms with Crippen LogP contribution in [0.25, 0.3) is 0 Å². The maximum atomic E-state index is 13.2. The zero-order valence-corrected chi connectivity index (χ0v) is 22.2. The van der Waals surface area contributed by atoms with Gasteiger partial charge in [0.15, 0.2) is 5.78 Å². The highest BCUT2D eigenvalue weighted by Crippen LogP contribution is 2.20. The van der Waals surface area contributed by atoms with Crippen LogP contribution in [0.3, 0.4) is 0 Å². The van der Waals surface area contributed by atoms with E-state index in [1.807, 2.05) is 30.3 Å². The molecule has 0 aliphatic heterocycles. The molecule has 0 saturated carbocycles. The zero-order chi connectivity index (χ0) is 28.0. The van der Waals surface area contributed by atoms with Gasteiger partial charge in [0.05, 0.1) is 11.0 Å². The minimum Gasteiger partial charge on any atom is -0.508 e. The molecule has 1 amide bonds. The van der Waals surface area contributed by atoms with Gasteiger partial charge in [-0.1, -0.05) is 74.8 Å². The molecule has 7 nitrogen and oxygen atoms in total. The van der Waals surface area contributed by atoms with Crippen molar-refractivity contribution in [2.45, 2.75) is 64.3 Å². The lowest BCUT2D eigenvalue weighted by Gasteiger charge is -2.18. The van der Waals surface area contributed by atoms with Gasteiger partial charge in [-0.3, -0.25) is 19.7 Å². The lowest BCUT2D eigenvalue weighted by Crippen LogP contribution is -2.41. The summed E-state index contributed by atoms with van der Waals surface area (Å²) in [7, 11) is 0. The van der Waals surface area contributed by atoms with Gasteiger partial charge in [-0.2, -0.15) is 0 Å². The first-order chi connectivity index (χ1) is 18.9. The van der Waals surface area contributed by atoms with E-state index >= 15 is 0 Å². The van der Waals surface area contributed by atoms with Gasteiger partial charge in [-0.15, -0.1) is 0 Å². The molecule has 0 fully saturated rings. The largest absolute Gasteiger partial charge is 0.508 e. The lowest BCUT2D eigenvalue weighted by atomic mass is 9.97. The molecule has 0 radical (unpaired) electrons. The van der Waals surface area contributed by atoms with Crippen LogP contribution in [0, 0.1) is 22.0 Å². The first kappa shape index (κ1) is 29.1. The van der Waals surface area contributed by atoms with E-state index in [1.54, 1.807) is 12.1 Å². The summed E-state index contributed by atoms with van der Waals surface area (Å²) < 4.78 is 0. The molecule has 0 aliphatic rings. The van der Waals surface area contributed by atoms with E-state index < -0.39 is 16.9 Å². The molecule has 7 heteroatoms. The van der Waals surface area contributed by atoms with E-state index in [0.717, 1.165) is 37.7 Å². The highest BCUT2D eigenvalue weighted by atomic mass is 16.6. The standard InChI is InChI=1S/C32H34N2O5/c1-2-3-4-5-9-12-31(36)29(21-16-24-10-7-6-8-11-24)33-32(37)27-18-22-30(34(38)39)26(23-27)17-13-25-14-19-28(35)20-15-25/h6-8,10-11,14-15,18-20,22-23,29,35H,2-5,9,12,16,21H2,1H3,(H,33,37)/t29-/m0/s1. The number of hydrogen-bond acceptors (Lipinski definition) is 5. The number of aromatic hydroxyl groups is 1. The Bertz CT molecular complexity index is 1320. The molecule has 202 valence electrons. The van der Waals surface area contributed by atoms with E-state index in [4.69, 9.17) is 0 Å². The van der Waals surface area contributed by atoms with E-state index in [0.29, 0.717) is 24.8 Å². The zero-order valence-electron chi connectivity index (χ0n) is 22.2. The molecular weight excluding hydrogens is 492 g/mol. The Kier molecular flexibility index (Phi) is 11.3. The SMILES string of the molecule is CCCCCCCC(=O)[C@H](CCc1ccccc1)NC(=O)c1ccc([N+](=O)[O-])c(C#Cc2ccc(O)cc2)c1. The minimum absolute atomic E-state index is 0.00923.